The summed E-state index contributed by atoms with van der Waals surface area (Å²) in [4.78, 5) is 23.3. The van der Waals surface area contributed by atoms with Gasteiger partial charge in [0.2, 0.25) is 11.8 Å². The molecule has 0 bridgehead atoms. The van der Waals surface area contributed by atoms with Crippen LogP contribution in [0.3, 0.4) is 0 Å². The maximum atomic E-state index is 13.4. The molecular weight excluding hydrogens is 295 g/mol. The van der Waals surface area contributed by atoms with Crippen LogP contribution in [-0.2, 0) is 9.59 Å². The lowest BCUT2D eigenvalue weighted by Crippen LogP contribution is -2.31. The fourth-order valence-electron chi connectivity index (χ4n) is 1.84. The first-order valence-corrected chi connectivity index (χ1v) is 7.11. The van der Waals surface area contributed by atoms with Crippen LogP contribution in [0.15, 0.2) is 54.6 Å². The van der Waals surface area contributed by atoms with Crippen molar-refractivity contribution in [3.63, 3.8) is 0 Å². The number of rotatable bonds is 5. The van der Waals surface area contributed by atoms with Crippen molar-refractivity contribution in [3.8, 4) is 0 Å². The molecule has 2 aromatic rings. The summed E-state index contributed by atoms with van der Waals surface area (Å²) < 4.78 is 13.4. The highest BCUT2D eigenvalue weighted by Crippen LogP contribution is 2.13. The summed E-state index contributed by atoms with van der Waals surface area (Å²) >= 11 is 0. The van der Waals surface area contributed by atoms with Crippen LogP contribution < -0.4 is 10.6 Å². The van der Waals surface area contributed by atoms with Crippen LogP contribution in [0.5, 0.6) is 0 Å². The molecule has 0 unspecified atom stereocenters. The van der Waals surface area contributed by atoms with E-state index in [1.165, 1.54) is 12.1 Å². The smallest absolute Gasteiger partial charge is 0.244 e. The van der Waals surface area contributed by atoms with Gasteiger partial charge in [-0.1, -0.05) is 36.4 Å². The third-order valence-electron chi connectivity index (χ3n) is 3.11. The minimum Gasteiger partial charge on any atom is -0.343 e. The fraction of sp³-hybridized carbons (Fsp3) is 0.111. The van der Waals surface area contributed by atoms with Crippen molar-refractivity contribution in [2.75, 3.05) is 11.9 Å². The second-order valence-corrected chi connectivity index (χ2v) is 4.97. The number of anilines is 1. The minimum atomic E-state index is -0.422. The summed E-state index contributed by atoms with van der Waals surface area (Å²) in [5.74, 6) is -1.19. The average Bonchev–Trinajstić information content (AvgIpc) is 2.55. The van der Waals surface area contributed by atoms with Crippen LogP contribution in [0.1, 0.15) is 11.1 Å². The van der Waals surface area contributed by atoms with E-state index in [1.54, 1.807) is 25.1 Å². The van der Waals surface area contributed by atoms with Gasteiger partial charge in [-0.05, 0) is 36.3 Å². The highest BCUT2D eigenvalue weighted by molar-refractivity contribution is 5.97. The topological polar surface area (TPSA) is 58.2 Å². The van der Waals surface area contributed by atoms with E-state index in [4.69, 9.17) is 0 Å². The molecule has 0 radical (unpaired) electrons. The van der Waals surface area contributed by atoms with E-state index in [1.807, 2.05) is 30.3 Å². The van der Waals surface area contributed by atoms with Crippen molar-refractivity contribution in [1.82, 2.24) is 5.32 Å². The monoisotopic (exact) mass is 312 g/mol. The Labute approximate surface area is 134 Å². The molecule has 118 valence electrons. The molecule has 0 heterocycles. The number of nitrogens with one attached hydrogen (secondary N) is 2. The van der Waals surface area contributed by atoms with Crippen LogP contribution in [0.25, 0.3) is 6.08 Å². The van der Waals surface area contributed by atoms with Crippen molar-refractivity contribution in [3.05, 3.63) is 71.6 Å². The molecule has 0 aliphatic heterocycles. The second-order valence-electron chi connectivity index (χ2n) is 4.97. The predicted octanol–water partition coefficient (Wildman–Crippen LogP) is 2.90. The number of hydrogen-bond donors (Lipinski definition) is 2. The predicted molar refractivity (Wildman–Crippen MR) is 88.3 cm³/mol. The standard InChI is InChI=1S/C18H17FN2O2/c1-13-7-9-15(11-16(13)19)21-18(23)12-20-17(22)10-8-14-5-3-2-4-6-14/h2-11H,12H2,1H3,(H,20,22)(H,21,23)/b10-8+. The van der Waals surface area contributed by atoms with E-state index < -0.39 is 11.7 Å². The van der Waals surface area contributed by atoms with Crippen LogP contribution in [-0.4, -0.2) is 18.4 Å². The zero-order chi connectivity index (χ0) is 16.7. The molecule has 2 amide bonds. The lowest BCUT2D eigenvalue weighted by Gasteiger charge is -2.06. The third-order valence-corrected chi connectivity index (χ3v) is 3.11. The van der Waals surface area contributed by atoms with Gasteiger partial charge in [-0.25, -0.2) is 4.39 Å². The average molecular weight is 312 g/mol. The van der Waals surface area contributed by atoms with Gasteiger partial charge in [0.1, 0.15) is 5.82 Å². The van der Waals surface area contributed by atoms with Crippen molar-refractivity contribution in [2.45, 2.75) is 6.92 Å². The van der Waals surface area contributed by atoms with E-state index in [0.717, 1.165) is 5.56 Å². The maximum Gasteiger partial charge on any atom is 0.244 e. The molecule has 5 heteroatoms. The molecule has 0 saturated carbocycles. The number of aryl methyl sites for hydroxylation is 1. The molecule has 0 aliphatic rings. The SMILES string of the molecule is Cc1ccc(NC(=O)CNC(=O)/C=C/c2ccccc2)cc1F. The lowest BCUT2D eigenvalue weighted by molar-refractivity contribution is -0.121. The van der Waals surface area contributed by atoms with Crippen LogP contribution in [0, 0.1) is 12.7 Å². The van der Waals surface area contributed by atoms with Gasteiger partial charge in [0.15, 0.2) is 0 Å². The van der Waals surface area contributed by atoms with Crippen LogP contribution in [0.2, 0.25) is 0 Å². The summed E-state index contributed by atoms with van der Waals surface area (Å²) in [6.45, 7) is 1.45. The molecule has 0 fully saturated rings. The van der Waals surface area contributed by atoms with Gasteiger partial charge >= 0.3 is 0 Å². The first-order chi connectivity index (χ1) is 11.0. The maximum absolute atomic E-state index is 13.4. The highest BCUT2D eigenvalue weighted by Gasteiger charge is 2.05. The number of amides is 2. The third kappa shape index (κ3) is 5.39. The summed E-state index contributed by atoms with van der Waals surface area (Å²) in [5.41, 5.74) is 1.75. The van der Waals surface area contributed by atoms with Crippen molar-refractivity contribution in [2.24, 2.45) is 0 Å². The molecule has 4 nitrogen and oxygen atoms in total. The summed E-state index contributed by atoms with van der Waals surface area (Å²) in [7, 11) is 0. The molecule has 23 heavy (non-hydrogen) atoms. The molecule has 2 N–H and O–H groups in total. The Bertz CT molecular complexity index is 727. The van der Waals surface area contributed by atoms with Crippen molar-refractivity contribution in [1.29, 1.82) is 0 Å². The summed E-state index contributed by atoms with van der Waals surface area (Å²) in [5, 5.41) is 4.99. The normalized spacial score (nSPS) is 10.5. The van der Waals surface area contributed by atoms with Gasteiger partial charge < -0.3 is 10.6 Å². The molecule has 2 rings (SSSR count). The number of halogens is 1. The molecule has 0 spiro atoms. The lowest BCUT2D eigenvalue weighted by atomic mass is 10.2. The second kappa shape index (κ2) is 7.89. The zero-order valence-corrected chi connectivity index (χ0v) is 12.7. The largest absolute Gasteiger partial charge is 0.343 e. The minimum absolute atomic E-state index is 0.187. The Balaban J connectivity index is 1.80. The molecule has 0 atom stereocenters. The Hall–Kier alpha value is -2.95. The number of carbonyl (C=O) groups is 2. The molecule has 0 aromatic heterocycles. The molecular formula is C18H17FN2O2. The number of carbonyl (C=O) groups excluding carboxylic acids is 2. The first-order valence-electron chi connectivity index (χ1n) is 7.11. The van der Waals surface area contributed by atoms with E-state index in [9.17, 15) is 14.0 Å². The van der Waals surface area contributed by atoms with Gasteiger partial charge in [-0.15, -0.1) is 0 Å². The summed E-state index contributed by atoms with van der Waals surface area (Å²) in [6, 6.07) is 13.8. The Morgan fingerprint density at radius 2 is 1.87 bits per heavy atom. The van der Waals surface area contributed by atoms with Crippen LogP contribution in [0.4, 0.5) is 10.1 Å². The number of hydrogen-bond acceptors (Lipinski definition) is 2. The van der Waals surface area contributed by atoms with Gasteiger partial charge in [-0.2, -0.15) is 0 Å². The Morgan fingerprint density at radius 1 is 1.13 bits per heavy atom. The quantitative estimate of drug-likeness (QED) is 0.834. The van der Waals surface area contributed by atoms with Crippen molar-refractivity contribution < 1.29 is 14.0 Å². The highest BCUT2D eigenvalue weighted by atomic mass is 19.1. The van der Waals surface area contributed by atoms with E-state index in [0.29, 0.717) is 11.3 Å². The molecule has 2 aromatic carbocycles. The van der Waals surface area contributed by atoms with Gasteiger partial charge in [-0.3, -0.25) is 9.59 Å². The zero-order valence-electron chi connectivity index (χ0n) is 12.7. The molecule has 0 aliphatic carbocycles. The van der Waals surface area contributed by atoms with Crippen molar-refractivity contribution >= 4 is 23.6 Å². The summed E-state index contributed by atoms with van der Waals surface area (Å²) in [6.07, 6.45) is 3.01. The van der Waals surface area contributed by atoms with E-state index in [-0.39, 0.29) is 12.5 Å². The van der Waals surface area contributed by atoms with Gasteiger partial charge in [0.25, 0.3) is 0 Å². The fourth-order valence-corrected chi connectivity index (χ4v) is 1.84. The molecule has 0 saturated heterocycles. The van der Waals surface area contributed by atoms with Gasteiger partial charge in [0.05, 0.1) is 6.54 Å². The Morgan fingerprint density at radius 3 is 2.57 bits per heavy atom. The van der Waals surface area contributed by atoms with Crippen LogP contribution >= 0.6 is 0 Å². The van der Waals surface area contributed by atoms with Gasteiger partial charge in [0, 0.05) is 11.8 Å². The number of benzene rings is 2. The van der Waals surface area contributed by atoms with E-state index in [2.05, 4.69) is 10.6 Å². The Kier molecular flexibility index (Phi) is 5.63. The van der Waals surface area contributed by atoms with E-state index >= 15 is 0 Å². The first kappa shape index (κ1) is 16.4.